The smallest absolute Gasteiger partial charge is 0.353 e. The van der Waals surface area contributed by atoms with Gasteiger partial charge in [-0.25, -0.2) is 4.79 Å². The minimum Gasteiger partial charge on any atom is -0.481 e. The van der Waals surface area contributed by atoms with Crippen molar-refractivity contribution in [2.75, 3.05) is 13.2 Å². The van der Waals surface area contributed by atoms with Crippen LogP contribution in [0.2, 0.25) is 0 Å². The lowest BCUT2D eigenvalue weighted by Gasteiger charge is -2.44. The molecule has 0 radical (unpaired) electrons. The Morgan fingerprint density at radius 2 is 1.53 bits per heavy atom. The number of carbonyl (C=O) groups is 4. The number of carboxylic acid groups (broad SMARTS) is 2. The molecular weight excluding hydrogens is 540 g/mol. The van der Waals surface area contributed by atoms with E-state index in [2.05, 4.69) is 0 Å². The predicted octanol–water partition coefficient (Wildman–Crippen LogP) is 0.747. The van der Waals surface area contributed by atoms with Gasteiger partial charge in [-0.3, -0.25) is 24.2 Å². The van der Waals surface area contributed by atoms with Gasteiger partial charge in [0.1, 0.15) is 28.1 Å². The molecule has 208 valence electrons. The van der Waals surface area contributed by atoms with Crippen LogP contribution in [-0.4, -0.2) is 102 Å². The van der Waals surface area contributed by atoms with Crippen molar-refractivity contribution in [1.82, 2.24) is 9.80 Å². The third kappa shape index (κ3) is 4.34. The number of carboxylic acids is 2. The molecule has 0 aromatic carbocycles. The molecule has 12 nitrogen and oxygen atoms in total. The first-order valence-corrected chi connectivity index (χ1v) is 14.3. The summed E-state index contributed by atoms with van der Waals surface area (Å²) in [6.07, 6.45) is -0.971. The number of aliphatic hydroxyl groups is 2. The fraction of sp³-hybridized carbons (Fsp3) is 0.667. The maximum atomic E-state index is 14.4. The maximum Gasteiger partial charge on any atom is 0.353 e. The second kappa shape index (κ2) is 10.5. The van der Waals surface area contributed by atoms with E-state index in [0.29, 0.717) is 37.4 Å². The third-order valence-electron chi connectivity index (χ3n) is 7.48. The van der Waals surface area contributed by atoms with Gasteiger partial charge in [0, 0.05) is 23.0 Å². The highest BCUT2D eigenvalue weighted by Gasteiger charge is 2.61. The standard InChI is InChI=1S/C24H30N2O10S2/c1-9(27)13-19(29)25-15(17(37-21(13)25)11-5-3-7-35-11)20(30)26-16(24(33)34)18(12-6-4-8-36-12)38-22(26)14(10(2)28)23(31)32/h9-14,21-22,27-28H,3-8H2,1-2H3,(H,31,32)(H,33,34)/t9-,10-,11?,12?,13+,14-,21-,22-/m1/s1. The van der Waals surface area contributed by atoms with Crippen LogP contribution in [-0.2, 0) is 28.7 Å². The van der Waals surface area contributed by atoms with Crippen molar-refractivity contribution in [3.63, 3.8) is 0 Å². The molecular formula is C24H30N2O10S2. The van der Waals surface area contributed by atoms with Crippen LogP contribution in [0.5, 0.6) is 0 Å². The first-order chi connectivity index (χ1) is 18.0. The zero-order valence-electron chi connectivity index (χ0n) is 20.8. The summed E-state index contributed by atoms with van der Waals surface area (Å²) >= 11 is 2.14. The predicted molar refractivity (Wildman–Crippen MR) is 134 cm³/mol. The highest BCUT2D eigenvalue weighted by atomic mass is 32.2. The molecule has 3 fully saturated rings. The number of β-lactam (4-membered cyclic amide) rings is 1. The van der Waals surface area contributed by atoms with Gasteiger partial charge >= 0.3 is 11.9 Å². The van der Waals surface area contributed by atoms with Crippen LogP contribution >= 0.6 is 23.5 Å². The molecule has 2 amide bonds. The van der Waals surface area contributed by atoms with Gasteiger partial charge in [0.05, 0.1) is 30.3 Å². The number of fused-ring (bicyclic) bond motifs is 1. The molecule has 5 heterocycles. The summed E-state index contributed by atoms with van der Waals surface area (Å²) in [5.74, 6) is -6.42. The number of nitrogens with zero attached hydrogens (tertiary/aromatic N) is 2. The maximum absolute atomic E-state index is 14.4. The first-order valence-electron chi connectivity index (χ1n) is 12.6. The Morgan fingerprint density at radius 3 is 1.97 bits per heavy atom. The van der Waals surface area contributed by atoms with Crippen molar-refractivity contribution >= 4 is 47.3 Å². The molecule has 0 aromatic heterocycles. The average molecular weight is 571 g/mol. The van der Waals surface area contributed by atoms with E-state index >= 15 is 0 Å². The molecule has 0 spiro atoms. The van der Waals surface area contributed by atoms with Crippen molar-refractivity contribution in [3.05, 3.63) is 21.2 Å². The van der Waals surface area contributed by atoms with E-state index in [1.54, 1.807) is 0 Å². The van der Waals surface area contributed by atoms with Gasteiger partial charge in [-0.15, -0.1) is 0 Å². The summed E-state index contributed by atoms with van der Waals surface area (Å²) in [5, 5.41) is 39.0. The Labute approximate surface area is 227 Å². The van der Waals surface area contributed by atoms with Crippen LogP contribution in [0.15, 0.2) is 21.2 Å². The van der Waals surface area contributed by atoms with Crippen molar-refractivity contribution in [2.24, 2.45) is 11.8 Å². The molecule has 4 N–H and O–H groups in total. The largest absolute Gasteiger partial charge is 0.481 e. The molecule has 5 aliphatic rings. The molecule has 0 aromatic rings. The summed E-state index contributed by atoms with van der Waals surface area (Å²) < 4.78 is 11.5. The van der Waals surface area contributed by atoms with Crippen molar-refractivity contribution in [3.8, 4) is 0 Å². The summed E-state index contributed by atoms with van der Waals surface area (Å²) in [4.78, 5) is 55.2. The normalized spacial score (nSPS) is 33.5. The Kier molecular flexibility index (Phi) is 7.57. The van der Waals surface area contributed by atoms with Gasteiger partial charge in [-0.2, -0.15) is 0 Å². The van der Waals surface area contributed by atoms with Crippen LogP contribution in [0.25, 0.3) is 0 Å². The Bertz CT molecular complexity index is 1110. The van der Waals surface area contributed by atoms with Gasteiger partial charge in [-0.05, 0) is 39.5 Å². The Hall–Kier alpha value is -2.10. The van der Waals surface area contributed by atoms with E-state index in [-0.39, 0.29) is 10.6 Å². The lowest BCUT2D eigenvalue weighted by Crippen LogP contribution is -2.62. The summed E-state index contributed by atoms with van der Waals surface area (Å²) in [7, 11) is 0. The summed E-state index contributed by atoms with van der Waals surface area (Å²) in [6.45, 7) is 3.63. The van der Waals surface area contributed by atoms with Crippen LogP contribution in [0.3, 0.4) is 0 Å². The molecule has 0 aliphatic carbocycles. The van der Waals surface area contributed by atoms with Gasteiger partial charge in [0.2, 0.25) is 5.91 Å². The number of thioether (sulfide) groups is 2. The monoisotopic (exact) mass is 570 g/mol. The molecule has 8 atom stereocenters. The molecule has 0 bridgehead atoms. The molecule has 3 saturated heterocycles. The van der Waals surface area contributed by atoms with E-state index in [1.807, 2.05) is 0 Å². The highest BCUT2D eigenvalue weighted by Crippen LogP contribution is 2.55. The van der Waals surface area contributed by atoms with Crippen LogP contribution < -0.4 is 0 Å². The molecule has 5 rings (SSSR count). The number of amides is 2. The molecule has 5 aliphatic heterocycles. The minimum absolute atomic E-state index is 0.0542. The zero-order chi connectivity index (χ0) is 27.5. The molecule has 0 saturated carbocycles. The van der Waals surface area contributed by atoms with Crippen molar-refractivity contribution < 1.29 is 49.1 Å². The van der Waals surface area contributed by atoms with Crippen molar-refractivity contribution in [1.29, 1.82) is 0 Å². The zero-order valence-corrected chi connectivity index (χ0v) is 22.4. The topological polar surface area (TPSA) is 174 Å². The van der Waals surface area contributed by atoms with E-state index in [0.717, 1.165) is 23.1 Å². The fourth-order valence-corrected chi connectivity index (χ4v) is 9.05. The number of ether oxygens (including phenoxy) is 2. The SMILES string of the molecule is C[C@@H](O)[C@@H](C(=O)O)[C@H]1SC(C2CCCO2)=C(C(=O)O)N1C(=O)C1=C(C2CCCO2)S[C@@H]2[C@@H]([C@@H](C)O)C(=O)N12. The van der Waals surface area contributed by atoms with Crippen molar-refractivity contribution in [2.45, 2.75) is 74.7 Å². The van der Waals surface area contributed by atoms with E-state index < -0.39 is 76.4 Å². The van der Waals surface area contributed by atoms with Gasteiger partial charge in [-0.1, -0.05) is 23.5 Å². The van der Waals surface area contributed by atoms with E-state index in [9.17, 15) is 39.6 Å². The number of hydrogen-bond acceptors (Lipinski definition) is 10. The van der Waals surface area contributed by atoms with Crippen LogP contribution in [0.1, 0.15) is 39.5 Å². The number of rotatable bonds is 8. The van der Waals surface area contributed by atoms with Gasteiger partial charge < -0.3 is 29.9 Å². The second-order valence-corrected chi connectivity index (χ2v) is 12.3. The van der Waals surface area contributed by atoms with Crippen LogP contribution in [0, 0.1) is 11.8 Å². The first kappa shape index (κ1) is 27.5. The summed E-state index contributed by atoms with van der Waals surface area (Å²) in [6, 6.07) is 0. The van der Waals surface area contributed by atoms with E-state index in [4.69, 9.17) is 9.47 Å². The van der Waals surface area contributed by atoms with Crippen LogP contribution in [0.4, 0.5) is 0 Å². The summed E-state index contributed by atoms with van der Waals surface area (Å²) in [5.41, 5.74) is -0.460. The molecule has 14 heteroatoms. The fourth-order valence-electron chi connectivity index (χ4n) is 5.66. The number of hydrogen-bond donors (Lipinski definition) is 4. The Morgan fingerprint density at radius 1 is 0.947 bits per heavy atom. The minimum atomic E-state index is -1.52. The molecule has 2 unspecified atom stereocenters. The molecule has 38 heavy (non-hydrogen) atoms. The van der Waals surface area contributed by atoms with E-state index in [1.165, 1.54) is 30.5 Å². The average Bonchev–Trinajstić information content (AvgIpc) is 3.62. The quantitative estimate of drug-likeness (QED) is 0.302. The second-order valence-electron chi connectivity index (χ2n) is 10.0. The van der Waals surface area contributed by atoms with Gasteiger partial charge in [0.25, 0.3) is 5.91 Å². The number of aliphatic hydroxyl groups excluding tert-OH is 2. The highest BCUT2D eigenvalue weighted by molar-refractivity contribution is 8.04. The third-order valence-corrected chi connectivity index (χ3v) is 10.4. The number of aliphatic carboxylic acids is 2. The Balaban J connectivity index is 1.62. The van der Waals surface area contributed by atoms with Gasteiger partial charge in [0.15, 0.2) is 0 Å². The lowest BCUT2D eigenvalue weighted by atomic mass is 9.91. The number of carbonyl (C=O) groups excluding carboxylic acids is 2. The lowest BCUT2D eigenvalue weighted by molar-refractivity contribution is -0.156.